The van der Waals surface area contributed by atoms with Crippen molar-refractivity contribution in [2.24, 2.45) is 5.41 Å². The highest BCUT2D eigenvalue weighted by molar-refractivity contribution is 6.70. The molecule has 0 atom stereocenters. The second-order valence-electron chi connectivity index (χ2n) is 6.72. The summed E-state index contributed by atoms with van der Waals surface area (Å²) in [4.78, 5) is 13.9. The van der Waals surface area contributed by atoms with Gasteiger partial charge in [0, 0.05) is 12.2 Å². The number of benzene rings is 1. The highest BCUT2D eigenvalue weighted by Gasteiger charge is 2.46. The molecule has 1 fully saturated rings. The highest BCUT2D eigenvalue weighted by atomic mass is 28.4. The Hall–Kier alpha value is -1.49. The number of nitrogens with zero attached hydrogens (tertiary/aromatic N) is 1. The van der Waals surface area contributed by atoms with Gasteiger partial charge in [-0.2, -0.15) is 0 Å². The van der Waals surface area contributed by atoms with Crippen LogP contribution in [-0.2, 0) is 4.79 Å². The molecule has 0 spiro atoms. The van der Waals surface area contributed by atoms with Crippen molar-refractivity contribution in [3.63, 3.8) is 0 Å². The van der Waals surface area contributed by atoms with E-state index in [2.05, 4.69) is 19.6 Å². The Morgan fingerprint density at radius 3 is 2.42 bits per heavy atom. The van der Waals surface area contributed by atoms with Gasteiger partial charge in [-0.1, -0.05) is 0 Å². The molecular formula is C14H22N2O2Si. The summed E-state index contributed by atoms with van der Waals surface area (Å²) in [7, 11) is -1.72. The zero-order valence-corrected chi connectivity index (χ0v) is 13.3. The first-order chi connectivity index (χ1) is 8.60. The zero-order chi connectivity index (χ0) is 14.4. The fourth-order valence-corrected chi connectivity index (χ4v) is 3.00. The fourth-order valence-electron chi connectivity index (χ4n) is 2.16. The molecule has 0 aromatic heterocycles. The maximum absolute atomic E-state index is 12.2. The van der Waals surface area contributed by atoms with E-state index in [9.17, 15) is 4.79 Å². The molecule has 104 valence electrons. The lowest BCUT2D eigenvalue weighted by Crippen LogP contribution is -2.58. The Morgan fingerprint density at radius 2 is 1.95 bits per heavy atom. The van der Waals surface area contributed by atoms with Crippen LogP contribution in [-0.4, -0.2) is 20.8 Å². The van der Waals surface area contributed by atoms with E-state index in [4.69, 9.17) is 10.2 Å². The van der Waals surface area contributed by atoms with Crippen molar-refractivity contribution in [1.82, 2.24) is 0 Å². The fraction of sp³-hybridized carbons (Fsp3) is 0.500. The van der Waals surface area contributed by atoms with E-state index in [1.807, 2.05) is 32.0 Å². The summed E-state index contributed by atoms with van der Waals surface area (Å²) in [6.45, 7) is 11.0. The van der Waals surface area contributed by atoms with Gasteiger partial charge in [-0.05, 0) is 51.7 Å². The van der Waals surface area contributed by atoms with Crippen LogP contribution >= 0.6 is 0 Å². The third-order valence-corrected chi connectivity index (χ3v) is 3.90. The Labute approximate surface area is 115 Å². The van der Waals surface area contributed by atoms with Crippen LogP contribution in [0.3, 0.4) is 0 Å². The van der Waals surface area contributed by atoms with Crippen molar-refractivity contribution in [2.45, 2.75) is 33.5 Å². The zero-order valence-electron chi connectivity index (χ0n) is 12.3. The van der Waals surface area contributed by atoms with Crippen LogP contribution in [0.4, 0.5) is 11.4 Å². The molecule has 1 saturated heterocycles. The molecule has 0 aliphatic carbocycles. The summed E-state index contributed by atoms with van der Waals surface area (Å²) >= 11 is 0. The van der Waals surface area contributed by atoms with Gasteiger partial charge in [-0.3, -0.25) is 4.79 Å². The van der Waals surface area contributed by atoms with E-state index >= 15 is 0 Å². The van der Waals surface area contributed by atoms with Crippen molar-refractivity contribution in [3.8, 4) is 5.75 Å². The van der Waals surface area contributed by atoms with Gasteiger partial charge < -0.3 is 15.1 Å². The van der Waals surface area contributed by atoms with Crippen LogP contribution in [0.1, 0.15) is 13.8 Å². The molecule has 0 bridgehead atoms. The van der Waals surface area contributed by atoms with Gasteiger partial charge >= 0.3 is 0 Å². The lowest BCUT2D eigenvalue weighted by molar-refractivity contribution is -0.132. The molecule has 4 nitrogen and oxygen atoms in total. The molecule has 5 heteroatoms. The van der Waals surface area contributed by atoms with Crippen molar-refractivity contribution in [1.29, 1.82) is 0 Å². The monoisotopic (exact) mass is 278 g/mol. The normalized spacial score (nSPS) is 18.2. The number of anilines is 2. The van der Waals surface area contributed by atoms with E-state index in [1.165, 1.54) is 0 Å². The summed E-state index contributed by atoms with van der Waals surface area (Å²) < 4.78 is 6.05. The minimum absolute atomic E-state index is 0.124. The standard InChI is InChI=1S/C14H22N2O2Si/c1-14(2)9-16(13(14)17)11-8-10(15)6-7-12(11)18-19(3,4)5/h6-8H,9,15H2,1-5H3. The summed E-state index contributed by atoms with van der Waals surface area (Å²) in [6, 6.07) is 5.50. The number of hydrogen-bond acceptors (Lipinski definition) is 3. The predicted molar refractivity (Wildman–Crippen MR) is 81.0 cm³/mol. The summed E-state index contributed by atoms with van der Waals surface area (Å²) in [5.74, 6) is 0.885. The smallest absolute Gasteiger partial charge is 0.242 e. The largest absolute Gasteiger partial charge is 0.543 e. The van der Waals surface area contributed by atoms with Gasteiger partial charge in [-0.25, -0.2) is 0 Å². The van der Waals surface area contributed by atoms with E-state index in [1.54, 1.807) is 4.90 Å². The van der Waals surface area contributed by atoms with Crippen molar-refractivity contribution in [3.05, 3.63) is 18.2 Å². The van der Waals surface area contributed by atoms with Gasteiger partial charge in [0.05, 0.1) is 11.1 Å². The minimum atomic E-state index is -1.72. The minimum Gasteiger partial charge on any atom is -0.543 e. The highest BCUT2D eigenvalue weighted by Crippen LogP contribution is 2.41. The Kier molecular flexibility index (Phi) is 3.13. The molecular weight excluding hydrogens is 256 g/mol. The van der Waals surface area contributed by atoms with Crippen LogP contribution in [0.2, 0.25) is 19.6 Å². The number of hydrogen-bond donors (Lipinski definition) is 1. The number of β-lactam (4-membered cyclic amide) rings is 1. The van der Waals surface area contributed by atoms with Crippen molar-refractivity contribution < 1.29 is 9.22 Å². The van der Waals surface area contributed by atoms with Gasteiger partial charge in [-0.15, -0.1) is 0 Å². The molecule has 19 heavy (non-hydrogen) atoms. The van der Waals surface area contributed by atoms with E-state index < -0.39 is 8.32 Å². The first-order valence-corrected chi connectivity index (χ1v) is 9.91. The number of nitrogens with two attached hydrogens (primary N) is 1. The number of carbonyl (C=O) groups excluding carboxylic acids is 1. The third kappa shape index (κ3) is 2.76. The number of nitrogen functional groups attached to an aromatic ring is 1. The molecule has 0 saturated carbocycles. The van der Waals surface area contributed by atoms with E-state index in [0.29, 0.717) is 12.2 Å². The van der Waals surface area contributed by atoms with Gasteiger partial charge in [0.15, 0.2) is 0 Å². The van der Waals surface area contributed by atoms with Crippen LogP contribution in [0, 0.1) is 5.41 Å². The van der Waals surface area contributed by atoms with Crippen LogP contribution in [0.15, 0.2) is 18.2 Å². The average Bonchev–Trinajstić information content (AvgIpc) is 2.27. The third-order valence-electron chi connectivity index (χ3n) is 3.07. The molecule has 1 aliphatic rings. The molecule has 2 rings (SSSR count). The molecule has 1 aliphatic heterocycles. The summed E-state index contributed by atoms with van der Waals surface area (Å²) in [5, 5.41) is 0. The summed E-state index contributed by atoms with van der Waals surface area (Å²) in [6.07, 6.45) is 0. The van der Waals surface area contributed by atoms with Crippen LogP contribution in [0.5, 0.6) is 5.75 Å². The quantitative estimate of drug-likeness (QED) is 0.525. The van der Waals surface area contributed by atoms with Gasteiger partial charge in [0.2, 0.25) is 14.2 Å². The summed E-state index contributed by atoms with van der Waals surface area (Å²) in [5.41, 5.74) is 7.01. The molecule has 2 N–H and O–H groups in total. The topological polar surface area (TPSA) is 55.6 Å². The maximum Gasteiger partial charge on any atom is 0.242 e. The lowest BCUT2D eigenvalue weighted by atomic mass is 9.82. The Morgan fingerprint density at radius 1 is 1.32 bits per heavy atom. The Balaban J connectivity index is 2.34. The second kappa shape index (κ2) is 4.26. The number of rotatable bonds is 3. The van der Waals surface area contributed by atoms with Gasteiger partial charge in [0.25, 0.3) is 0 Å². The molecule has 1 aromatic carbocycles. The van der Waals surface area contributed by atoms with Crippen LogP contribution in [0.25, 0.3) is 0 Å². The molecule has 1 heterocycles. The van der Waals surface area contributed by atoms with Gasteiger partial charge in [0.1, 0.15) is 5.75 Å². The molecule has 0 unspecified atom stereocenters. The second-order valence-corrected chi connectivity index (χ2v) is 11.1. The molecule has 0 radical (unpaired) electrons. The number of amides is 1. The van der Waals surface area contributed by atoms with Crippen LogP contribution < -0.4 is 15.1 Å². The van der Waals surface area contributed by atoms with Crippen molar-refractivity contribution in [2.75, 3.05) is 17.2 Å². The van der Waals surface area contributed by atoms with Crippen molar-refractivity contribution >= 4 is 25.6 Å². The lowest BCUT2D eigenvalue weighted by Gasteiger charge is -2.45. The van der Waals surface area contributed by atoms with E-state index in [-0.39, 0.29) is 11.3 Å². The molecule has 1 aromatic rings. The SMILES string of the molecule is CC1(C)CN(c2cc(N)ccc2O[Si](C)(C)C)C1=O. The average molecular weight is 278 g/mol. The molecule has 1 amide bonds. The first-order valence-electron chi connectivity index (χ1n) is 6.51. The number of carbonyl (C=O) groups is 1. The maximum atomic E-state index is 12.2. The Bertz CT molecular complexity index is 521. The predicted octanol–water partition coefficient (Wildman–Crippen LogP) is 2.86. The van der Waals surface area contributed by atoms with E-state index in [0.717, 1.165) is 11.4 Å². The first kappa shape index (κ1) is 13.9.